The number of rotatable bonds is 6. The van der Waals surface area contributed by atoms with Crippen molar-refractivity contribution in [1.29, 1.82) is 0 Å². The molecule has 2 rings (SSSR count). The first kappa shape index (κ1) is 15.3. The van der Waals surface area contributed by atoms with Crippen LogP contribution in [0.15, 0.2) is 24.3 Å². The Bertz CT molecular complexity index is 382. The van der Waals surface area contributed by atoms with Gasteiger partial charge in [-0.15, -0.1) is 0 Å². The summed E-state index contributed by atoms with van der Waals surface area (Å²) in [5.74, 6) is 2.13. The number of likely N-dealkylation sites (tertiary alicyclic amines) is 1. The zero-order valence-electron chi connectivity index (χ0n) is 12.8. The molecule has 1 aliphatic rings. The van der Waals surface area contributed by atoms with Gasteiger partial charge in [0.15, 0.2) is 0 Å². The van der Waals surface area contributed by atoms with Crippen LogP contribution in [-0.4, -0.2) is 38.2 Å². The van der Waals surface area contributed by atoms with E-state index in [9.17, 15) is 0 Å². The quantitative estimate of drug-likeness (QED) is 0.868. The van der Waals surface area contributed by atoms with Gasteiger partial charge in [-0.05, 0) is 75.0 Å². The number of ether oxygens (including phenoxy) is 1. The summed E-state index contributed by atoms with van der Waals surface area (Å²) in [6, 6.07) is 8.44. The predicted molar refractivity (Wildman–Crippen MR) is 84.2 cm³/mol. The maximum atomic E-state index is 6.05. The molecule has 0 bridgehead atoms. The fraction of sp³-hybridized carbons (Fsp3) is 0.647. The number of hydrogen-bond acceptors (Lipinski definition) is 3. The van der Waals surface area contributed by atoms with Crippen molar-refractivity contribution in [2.75, 3.05) is 33.3 Å². The van der Waals surface area contributed by atoms with Gasteiger partial charge in [0.25, 0.3) is 0 Å². The summed E-state index contributed by atoms with van der Waals surface area (Å²) in [6.07, 6.45) is 3.80. The molecule has 3 nitrogen and oxygen atoms in total. The number of piperidine rings is 1. The van der Waals surface area contributed by atoms with Crippen molar-refractivity contribution in [3.63, 3.8) is 0 Å². The molecule has 1 atom stereocenters. The molecule has 0 saturated carbocycles. The van der Waals surface area contributed by atoms with Crippen LogP contribution in [0.25, 0.3) is 0 Å². The van der Waals surface area contributed by atoms with Gasteiger partial charge in [0.2, 0.25) is 0 Å². The molecule has 1 heterocycles. The maximum absolute atomic E-state index is 6.05. The van der Waals surface area contributed by atoms with Crippen LogP contribution in [0.3, 0.4) is 0 Å². The van der Waals surface area contributed by atoms with Crippen LogP contribution in [0.2, 0.25) is 0 Å². The van der Waals surface area contributed by atoms with E-state index in [2.05, 4.69) is 24.0 Å². The molecular weight excluding hydrogens is 248 g/mol. The van der Waals surface area contributed by atoms with Gasteiger partial charge < -0.3 is 15.4 Å². The second-order valence-electron chi connectivity index (χ2n) is 5.79. The Morgan fingerprint density at radius 1 is 1.25 bits per heavy atom. The molecule has 1 fully saturated rings. The standard InChI is InChI=1S/C17H28N2O/c1-3-10-19-11-8-15(9-12-19)17(13-18)14-4-6-16(20-2)7-5-14/h4-7,15,17H,3,8-13,18H2,1-2H3. The van der Waals surface area contributed by atoms with E-state index in [1.807, 2.05) is 12.1 Å². The Balaban J connectivity index is 1.97. The van der Waals surface area contributed by atoms with Crippen molar-refractivity contribution in [1.82, 2.24) is 4.90 Å². The highest BCUT2D eigenvalue weighted by Crippen LogP contribution is 2.32. The lowest BCUT2D eigenvalue weighted by Gasteiger charge is -2.35. The van der Waals surface area contributed by atoms with Gasteiger partial charge >= 0.3 is 0 Å². The summed E-state index contributed by atoms with van der Waals surface area (Å²) in [5.41, 5.74) is 7.42. The van der Waals surface area contributed by atoms with Gasteiger partial charge in [-0.25, -0.2) is 0 Å². The highest BCUT2D eigenvalue weighted by atomic mass is 16.5. The van der Waals surface area contributed by atoms with E-state index in [0.717, 1.165) is 18.2 Å². The highest BCUT2D eigenvalue weighted by Gasteiger charge is 2.26. The van der Waals surface area contributed by atoms with Crippen molar-refractivity contribution in [2.45, 2.75) is 32.1 Å². The van der Waals surface area contributed by atoms with Gasteiger partial charge in [-0.2, -0.15) is 0 Å². The third-order valence-corrected chi connectivity index (χ3v) is 4.54. The third kappa shape index (κ3) is 3.74. The highest BCUT2D eigenvalue weighted by molar-refractivity contribution is 5.30. The van der Waals surface area contributed by atoms with E-state index in [4.69, 9.17) is 10.5 Å². The number of hydrogen-bond donors (Lipinski definition) is 1. The molecule has 112 valence electrons. The van der Waals surface area contributed by atoms with E-state index in [1.54, 1.807) is 7.11 Å². The minimum atomic E-state index is 0.490. The Kier molecular flexibility index (Phi) is 5.86. The first-order valence-corrected chi connectivity index (χ1v) is 7.84. The zero-order valence-corrected chi connectivity index (χ0v) is 12.8. The number of nitrogens with two attached hydrogens (primary N) is 1. The van der Waals surface area contributed by atoms with Crippen LogP contribution in [-0.2, 0) is 0 Å². The lowest BCUT2D eigenvalue weighted by atomic mass is 9.80. The minimum Gasteiger partial charge on any atom is -0.497 e. The molecule has 1 aliphatic heterocycles. The molecule has 1 saturated heterocycles. The van der Waals surface area contributed by atoms with Crippen LogP contribution in [0, 0.1) is 5.92 Å². The Hall–Kier alpha value is -1.06. The van der Waals surface area contributed by atoms with Crippen LogP contribution in [0.4, 0.5) is 0 Å². The molecule has 0 aliphatic carbocycles. The Labute approximate surface area is 123 Å². The SMILES string of the molecule is CCCN1CCC(C(CN)c2ccc(OC)cc2)CC1. The molecule has 1 aromatic rings. The van der Waals surface area contributed by atoms with Crippen LogP contribution < -0.4 is 10.5 Å². The Morgan fingerprint density at radius 3 is 2.40 bits per heavy atom. The van der Waals surface area contributed by atoms with Gasteiger partial charge in [0.1, 0.15) is 5.75 Å². The van der Waals surface area contributed by atoms with Gasteiger partial charge in [-0.1, -0.05) is 19.1 Å². The normalized spacial score (nSPS) is 18.9. The predicted octanol–water partition coefficient (Wildman–Crippen LogP) is 2.86. The first-order chi connectivity index (χ1) is 9.78. The van der Waals surface area contributed by atoms with E-state index in [0.29, 0.717) is 5.92 Å². The second-order valence-corrected chi connectivity index (χ2v) is 5.79. The molecule has 0 spiro atoms. The number of methoxy groups -OCH3 is 1. The molecule has 1 aromatic carbocycles. The summed E-state index contributed by atoms with van der Waals surface area (Å²) < 4.78 is 5.23. The van der Waals surface area contributed by atoms with Crippen LogP contribution in [0.5, 0.6) is 5.75 Å². The topological polar surface area (TPSA) is 38.5 Å². The largest absolute Gasteiger partial charge is 0.497 e. The zero-order chi connectivity index (χ0) is 14.4. The first-order valence-electron chi connectivity index (χ1n) is 7.84. The lowest BCUT2D eigenvalue weighted by molar-refractivity contribution is 0.169. The van der Waals surface area contributed by atoms with Crippen molar-refractivity contribution >= 4 is 0 Å². The molecule has 2 N–H and O–H groups in total. The summed E-state index contributed by atoms with van der Waals surface area (Å²) >= 11 is 0. The van der Waals surface area contributed by atoms with Crippen molar-refractivity contribution in [2.24, 2.45) is 11.7 Å². The van der Waals surface area contributed by atoms with Gasteiger partial charge in [-0.3, -0.25) is 0 Å². The summed E-state index contributed by atoms with van der Waals surface area (Å²) in [4.78, 5) is 2.58. The van der Waals surface area contributed by atoms with Crippen molar-refractivity contribution < 1.29 is 4.74 Å². The average molecular weight is 276 g/mol. The van der Waals surface area contributed by atoms with Crippen molar-refractivity contribution in [3.05, 3.63) is 29.8 Å². The maximum Gasteiger partial charge on any atom is 0.118 e. The molecule has 1 unspecified atom stereocenters. The molecule has 0 radical (unpaired) electrons. The smallest absolute Gasteiger partial charge is 0.118 e. The monoisotopic (exact) mass is 276 g/mol. The number of benzene rings is 1. The molecule has 0 amide bonds. The van der Waals surface area contributed by atoms with Crippen LogP contribution in [0.1, 0.15) is 37.7 Å². The number of nitrogens with zero attached hydrogens (tertiary/aromatic N) is 1. The molecule has 3 heteroatoms. The second kappa shape index (κ2) is 7.65. The summed E-state index contributed by atoms with van der Waals surface area (Å²) in [5, 5.41) is 0. The van der Waals surface area contributed by atoms with Crippen LogP contribution >= 0.6 is 0 Å². The fourth-order valence-corrected chi connectivity index (χ4v) is 3.35. The lowest BCUT2D eigenvalue weighted by Crippen LogP contribution is -2.37. The van der Waals surface area contributed by atoms with Crippen molar-refractivity contribution in [3.8, 4) is 5.75 Å². The molecule has 20 heavy (non-hydrogen) atoms. The van der Waals surface area contributed by atoms with Gasteiger partial charge in [0.05, 0.1) is 7.11 Å². The Morgan fingerprint density at radius 2 is 1.90 bits per heavy atom. The van der Waals surface area contributed by atoms with E-state index in [1.165, 1.54) is 44.5 Å². The fourth-order valence-electron chi connectivity index (χ4n) is 3.35. The average Bonchev–Trinajstić information content (AvgIpc) is 2.51. The van der Waals surface area contributed by atoms with Gasteiger partial charge in [0, 0.05) is 0 Å². The van der Waals surface area contributed by atoms with E-state index in [-0.39, 0.29) is 0 Å². The summed E-state index contributed by atoms with van der Waals surface area (Å²) in [7, 11) is 1.71. The van der Waals surface area contributed by atoms with E-state index >= 15 is 0 Å². The molecular formula is C17H28N2O. The summed E-state index contributed by atoms with van der Waals surface area (Å²) in [6.45, 7) is 6.69. The third-order valence-electron chi connectivity index (χ3n) is 4.54. The van der Waals surface area contributed by atoms with E-state index < -0.39 is 0 Å². The molecule has 0 aromatic heterocycles. The minimum absolute atomic E-state index is 0.490.